The Morgan fingerprint density at radius 1 is 1.48 bits per heavy atom. The Kier molecular flexibility index (Phi) is 5.82. The van der Waals surface area contributed by atoms with Crippen molar-refractivity contribution >= 4 is 62.7 Å². The fourth-order valence-corrected chi connectivity index (χ4v) is 4.98. The van der Waals surface area contributed by atoms with E-state index in [2.05, 4.69) is 37.9 Å². The lowest BCUT2D eigenvalue weighted by molar-refractivity contribution is 0.0526. The molecule has 0 unspecified atom stereocenters. The molecule has 0 aliphatic rings. The van der Waals surface area contributed by atoms with E-state index in [1.54, 1.807) is 20.8 Å². The van der Waals surface area contributed by atoms with E-state index in [1.807, 2.05) is 16.0 Å². The van der Waals surface area contributed by atoms with Gasteiger partial charge in [-0.15, -0.1) is 11.3 Å². The van der Waals surface area contributed by atoms with Gasteiger partial charge in [-0.1, -0.05) is 11.6 Å². The van der Waals surface area contributed by atoms with Gasteiger partial charge < -0.3 is 19.6 Å². The molecule has 0 saturated carbocycles. The van der Waals surface area contributed by atoms with Crippen LogP contribution in [0.4, 0.5) is 4.79 Å². The average Bonchev–Trinajstić information content (AvgIpc) is 3.08. The first-order valence-corrected chi connectivity index (χ1v) is 10.5. The zero-order valence-corrected chi connectivity index (χ0v) is 18.7. The molecule has 3 heterocycles. The number of alkyl carbamates (subject to hydrolysis) is 1. The van der Waals surface area contributed by atoms with E-state index < -0.39 is 11.7 Å². The summed E-state index contributed by atoms with van der Waals surface area (Å²) in [5.41, 5.74) is 1.06. The summed E-state index contributed by atoms with van der Waals surface area (Å²) >= 11 is 10.0. The van der Waals surface area contributed by atoms with Crippen molar-refractivity contribution in [3.63, 3.8) is 0 Å². The molecule has 0 saturated heterocycles. The molecule has 10 heteroatoms. The Morgan fingerprint density at radius 2 is 2.22 bits per heavy atom. The van der Waals surface area contributed by atoms with Crippen LogP contribution in [0.3, 0.4) is 0 Å². The number of carbonyl (C=O) groups is 1. The second kappa shape index (κ2) is 7.80. The number of nitrogens with one attached hydrogen (secondary N) is 2. The fraction of sp³-hybridized carbons (Fsp3) is 0.353. The zero-order chi connectivity index (χ0) is 19.8. The number of amides is 1. The van der Waals surface area contributed by atoms with Crippen LogP contribution in [0.2, 0.25) is 5.02 Å². The summed E-state index contributed by atoms with van der Waals surface area (Å²) in [7, 11) is 0. The number of carbonyl (C=O) groups excluding carboxylic acids is 1. The predicted octanol–water partition coefficient (Wildman–Crippen LogP) is 4.24. The van der Waals surface area contributed by atoms with Crippen LogP contribution in [0.1, 0.15) is 20.8 Å². The molecule has 0 aromatic carbocycles. The minimum absolute atomic E-state index is 0.242. The first kappa shape index (κ1) is 20.2. The molecule has 0 atom stereocenters. The SMILES string of the molecule is CC(C)(C)OC(=O)NCCn1c(-c2sccc2Cl)c(I)c2nc[nH]c(=O)c21. The molecular formula is C17H18ClIN4O3S. The second-order valence-electron chi connectivity index (χ2n) is 6.77. The van der Waals surface area contributed by atoms with Crippen LogP contribution in [-0.4, -0.2) is 32.8 Å². The van der Waals surface area contributed by atoms with Gasteiger partial charge in [0.2, 0.25) is 0 Å². The Balaban J connectivity index is 1.97. The van der Waals surface area contributed by atoms with Gasteiger partial charge in [-0.3, -0.25) is 4.79 Å². The molecule has 0 spiro atoms. The lowest BCUT2D eigenvalue weighted by Crippen LogP contribution is -2.34. The summed E-state index contributed by atoms with van der Waals surface area (Å²) in [6.07, 6.45) is 0.882. The van der Waals surface area contributed by atoms with E-state index in [4.69, 9.17) is 16.3 Å². The third kappa shape index (κ3) is 4.30. The van der Waals surface area contributed by atoms with Crippen molar-refractivity contribution in [1.82, 2.24) is 19.9 Å². The van der Waals surface area contributed by atoms with Gasteiger partial charge in [-0.2, -0.15) is 0 Å². The van der Waals surface area contributed by atoms with E-state index in [-0.39, 0.29) is 5.56 Å². The lowest BCUT2D eigenvalue weighted by Gasteiger charge is -2.20. The first-order chi connectivity index (χ1) is 12.7. The monoisotopic (exact) mass is 520 g/mol. The molecular weight excluding hydrogens is 503 g/mol. The maximum absolute atomic E-state index is 12.4. The lowest BCUT2D eigenvalue weighted by atomic mass is 10.2. The number of H-pyrrole nitrogens is 1. The van der Waals surface area contributed by atoms with Crippen LogP contribution in [0.15, 0.2) is 22.6 Å². The van der Waals surface area contributed by atoms with Crippen molar-refractivity contribution in [1.29, 1.82) is 0 Å². The molecule has 27 heavy (non-hydrogen) atoms. The largest absolute Gasteiger partial charge is 0.444 e. The Hall–Kier alpha value is -1.59. The third-order valence-corrected chi connectivity index (χ3v) is 5.99. The van der Waals surface area contributed by atoms with Crippen LogP contribution in [0.5, 0.6) is 0 Å². The van der Waals surface area contributed by atoms with Gasteiger partial charge in [0, 0.05) is 13.1 Å². The third-order valence-electron chi connectivity index (χ3n) is 3.62. The van der Waals surface area contributed by atoms with Crippen LogP contribution < -0.4 is 10.9 Å². The summed E-state index contributed by atoms with van der Waals surface area (Å²) in [5, 5.41) is 5.23. The van der Waals surface area contributed by atoms with Crippen molar-refractivity contribution in [3.8, 4) is 10.6 Å². The number of hydrogen-bond acceptors (Lipinski definition) is 5. The molecule has 1 amide bonds. The molecule has 144 valence electrons. The Bertz CT molecular complexity index is 1050. The standard InChI is InChI=1S/C17H18ClIN4O3S/c1-17(2,3)26-16(25)20-5-6-23-12(14-9(18)4-7-27-14)10(19)11-13(23)15(24)22-8-21-11/h4,7-8H,5-6H2,1-3H3,(H,20,25)(H,21,22,24). The molecule has 7 nitrogen and oxygen atoms in total. The number of aromatic nitrogens is 3. The molecule has 3 aromatic rings. The van der Waals surface area contributed by atoms with Crippen LogP contribution >= 0.6 is 45.5 Å². The number of rotatable bonds is 4. The predicted molar refractivity (Wildman–Crippen MR) is 116 cm³/mol. The Morgan fingerprint density at radius 3 is 2.85 bits per heavy atom. The highest BCUT2D eigenvalue weighted by atomic mass is 127. The highest BCUT2D eigenvalue weighted by Gasteiger charge is 2.23. The van der Waals surface area contributed by atoms with Gasteiger partial charge in [-0.25, -0.2) is 9.78 Å². The van der Waals surface area contributed by atoms with E-state index in [0.29, 0.717) is 29.1 Å². The van der Waals surface area contributed by atoms with Crippen molar-refractivity contribution in [2.45, 2.75) is 32.9 Å². The summed E-state index contributed by atoms with van der Waals surface area (Å²) in [5.74, 6) is 0. The molecule has 3 aromatic heterocycles. The highest BCUT2D eigenvalue weighted by molar-refractivity contribution is 14.1. The fourth-order valence-electron chi connectivity index (χ4n) is 2.64. The number of hydrogen-bond donors (Lipinski definition) is 2. The van der Waals surface area contributed by atoms with Gasteiger partial charge in [0.1, 0.15) is 16.6 Å². The topological polar surface area (TPSA) is 89.0 Å². The van der Waals surface area contributed by atoms with Crippen molar-refractivity contribution in [3.05, 3.63) is 36.7 Å². The smallest absolute Gasteiger partial charge is 0.407 e. The molecule has 2 N–H and O–H groups in total. The van der Waals surface area contributed by atoms with Crippen LogP contribution in [0, 0.1) is 3.57 Å². The average molecular weight is 521 g/mol. The van der Waals surface area contributed by atoms with Crippen LogP contribution in [-0.2, 0) is 11.3 Å². The minimum Gasteiger partial charge on any atom is -0.444 e. The zero-order valence-electron chi connectivity index (χ0n) is 14.9. The molecule has 0 fully saturated rings. The summed E-state index contributed by atoms with van der Waals surface area (Å²) < 4.78 is 7.94. The molecule has 0 bridgehead atoms. The number of ether oxygens (including phenoxy) is 1. The number of nitrogens with zero attached hydrogens (tertiary/aromatic N) is 2. The van der Waals surface area contributed by atoms with Crippen molar-refractivity contribution < 1.29 is 9.53 Å². The molecule has 0 aliphatic carbocycles. The van der Waals surface area contributed by atoms with Gasteiger partial charge >= 0.3 is 6.09 Å². The normalized spacial score (nSPS) is 11.7. The number of thiophene rings is 1. The van der Waals surface area contributed by atoms with Gasteiger partial charge in [0.05, 0.1) is 25.5 Å². The summed E-state index contributed by atoms with van der Waals surface area (Å²) in [4.78, 5) is 32.1. The van der Waals surface area contributed by atoms with E-state index in [0.717, 1.165) is 14.1 Å². The van der Waals surface area contributed by atoms with E-state index >= 15 is 0 Å². The maximum atomic E-state index is 12.4. The van der Waals surface area contributed by atoms with Crippen LogP contribution in [0.25, 0.3) is 21.6 Å². The maximum Gasteiger partial charge on any atom is 0.407 e. The second-order valence-corrected chi connectivity index (χ2v) is 9.17. The first-order valence-electron chi connectivity index (χ1n) is 8.14. The molecule has 3 rings (SSSR count). The summed E-state index contributed by atoms with van der Waals surface area (Å²) in [6, 6.07) is 1.82. The number of fused-ring (bicyclic) bond motifs is 1. The van der Waals surface area contributed by atoms with Gasteiger partial charge in [0.15, 0.2) is 0 Å². The Labute approximate surface area is 178 Å². The number of aromatic amines is 1. The highest BCUT2D eigenvalue weighted by Crippen LogP contribution is 2.39. The quantitative estimate of drug-likeness (QED) is 0.504. The van der Waals surface area contributed by atoms with Crippen molar-refractivity contribution in [2.24, 2.45) is 0 Å². The van der Waals surface area contributed by atoms with Gasteiger partial charge in [-0.05, 0) is 54.8 Å². The van der Waals surface area contributed by atoms with E-state index in [9.17, 15) is 9.59 Å². The molecule has 0 aliphatic heterocycles. The summed E-state index contributed by atoms with van der Waals surface area (Å²) in [6.45, 7) is 6.07. The van der Waals surface area contributed by atoms with Gasteiger partial charge in [0.25, 0.3) is 5.56 Å². The van der Waals surface area contributed by atoms with E-state index in [1.165, 1.54) is 17.7 Å². The van der Waals surface area contributed by atoms with Crippen molar-refractivity contribution in [2.75, 3.05) is 6.54 Å². The number of halogens is 2. The minimum atomic E-state index is -0.573. The molecule has 0 radical (unpaired) electrons.